The minimum absolute atomic E-state index is 0.0101. The largest absolute Gasteiger partial charge is 0.396 e. The Labute approximate surface area is 92.5 Å². The van der Waals surface area contributed by atoms with E-state index in [9.17, 15) is 0 Å². The molecule has 0 aliphatic heterocycles. The molecule has 0 saturated heterocycles. The molecule has 3 nitrogen and oxygen atoms in total. The van der Waals surface area contributed by atoms with Gasteiger partial charge in [-0.3, -0.25) is 0 Å². The zero-order valence-corrected chi connectivity index (χ0v) is 9.58. The summed E-state index contributed by atoms with van der Waals surface area (Å²) in [6, 6.07) is 2.34. The average molecular weight is 210 g/mol. The molecule has 0 radical (unpaired) electrons. The second-order valence-electron chi connectivity index (χ2n) is 4.66. The zero-order valence-electron chi connectivity index (χ0n) is 9.58. The first-order chi connectivity index (χ1) is 7.27. The van der Waals surface area contributed by atoms with E-state index in [2.05, 4.69) is 18.3 Å². The zero-order chi connectivity index (χ0) is 11.1. The molecule has 0 spiro atoms. The summed E-state index contributed by atoms with van der Waals surface area (Å²) in [5.41, 5.74) is 0. The summed E-state index contributed by atoms with van der Waals surface area (Å²) in [5.74, 6) is 1.35. The van der Waals surface area contributed by atoms with Gasteiger partial charge in [-0.05, 0) is 37.6 Å². The predicted molar refractivity (Wildman–Crippen MR) is 60.2 cm³/mol. The Kier molecular flexibility index (Phi) is 5.67. The fraction of sp³-hybridized carbons (Fsp3) is 0.917. The van der Waals surface area contributed by atoms with Crippen molar-refractivity contribution in [3.63, 3.8) is 0 Å². The SMILES string of the molecule is CC1CCC(C(C#N)NCCCO)CC1. The van der Waals surface area contributed by atoms with E-state index in [1.54, 1.807) is 0 Å². The van der Waals surface area contributed by atoms with Crippen molar-refractivity contribution in [2.45, 2.75) is 45.1 Å². The Morgan fingerprint density at radius 3 is 2.60 bits per heavy atom. The lowest BCUT2D eigenvalue weighted by Crippen LogP contribution is -2.37. The Hall–Kier alpha value is -0.590. The van der Waals surface area contributed by atoms with E-state index >= 15 is 0 Å². The molecule has 0 heterocycles. The molecule has 0 aromatic rings. The van der Waals surface area contributed by atoms with Gasteiger partial charge in [0.15, 0.2) is 0 Å². The lowest BCUT2D eigenvalue weighted by molar-refractivity contribution is 0.246. The van der Waals surface area contributed by atoms with Crippen LogP contribution in [0.15, 0.2) is 0 Å². The molecule has 1 saturated carbocycles. The predicted octanol–water partition coefficient (Wildman–Crippen LogP) is 1.68. The lowest BCUT2D eigenvalue weighted by Gasteiger charge is -2.29. The fourth-order valence-electron chi connectivity index (χ4n) is 2.27. The minimum Gasteiger partial charge on any atom is -0.396 e. The molecule has 86 valence electrons. The molecule has 1 aliphatic rings. The van der Waals surface area contributed by atoms with Gasteiger partial charge in [0.1, 0.15) is 0 Å². The van der Waals surface area contributed by atoms with Gasteiger partial charge in [-0.2, -0.15) is 5.26 Å². The Bertz CT molecular complexity index is 204. The molecular weight excluding hydrogens is 188 g/mol. The third-order valence-electron chi connectivity index (χ3n) is 3.37. The van der Waals surface area contributed by atoms with Crippen molar-refractivity contribution >= 4 is 0 Å². The number of nitrogens with one attached hydrogen (secondary N) is 1. The third-order valence-corrected chi connectivity index (χ3v) is 3.37. The highest BCUT2D eigenvalue weighted by Crippen LogP contribution is 2.30. The summed E-state index contributed by atoms with van der Waals surface area (Å²) in [7, 11) is 0. The van der Waals surface area contributed by atoms with Gasteiger partial charge in [0, 0.05) is 6.61 Å². The van der Waals surface area contributed by atoms with E-state index < -0.39 is 0 Å². The van der Waals surface area contributed by atoms with Crippen molar-refractivity contribution in [1.82, 2.24) is 5.32 Å². The Morgan fingerprint density at radius 2 is 2.07 bits per heavy atom. The van der Waals surface area contributed by atoms with Crippen molar-refractivity contribution in [2.75, 3.05) is 13.2 Å². The van der Waals surface area contributed by atoms with Gasteiger partial charge in [-0.15, -0.1) is 0 Å². The van der Waals surface area contributed by atoms with E-state index in [4.69, 9.17) is 10.4 Å². The highest BCUT2D eigenvalue weighted by Gasteiger charge is 2.25. The van der Waals surface area contributed by atoms with Crippen LogP contribution in [0.5, 0.6) is 0 Å². The molecule has 1 unspecified atom stereocenters. The highest BCUT2D eigenvalue weighted by molar-refractivity contribution is 4.96. The third kappa shape index (κ3) is 4.19. The van der Waals surface area contributed by atoms with E-state index in [0.29, 0.717) is 5.92 Å². The van der Waals surface area contributed by atoms with E-state index in [0.717, 1.165) is 18.9 Å². The summed E-state index contributed by atoms with van der Waals surface area (Å²) < 4.78 is 0. The molecular formula is C12H22N2O. The molecule has 15 heavy (non-hydrogen) atoms. The van der Waals surface area contributed by atoms with Crippen molar-refractivity contribution in [2.24, 2.45) is 11.8 Å². The first kappa shape index (κ1) is 12.5. The number of nitrogens with zero attached hydrogens (tertiary/aromatic N) is 1. The topological polar surface area (TPSA) is 56.0 Å². The number of hydrogen-bond donors (Lipinski definition) is 2. The van der Waals surface area contributed by atoms with Crippen LogP contribution in [0.3, 0.4) is 0 Å². The fourth-order valence-corrected chi connectivity index (χ4v) is 2.27. The number of hydrogen-bond acceptors (Lipinski definition) is 3. The van der Waals surface area contributed by atoms with Gasteiger partial charge in [-0.25, -0.2) is 0 Å². The summed E-state index contributed by atoms with van der Waals surface area (Å²) in [5, 5.41) is 21.0. The second-order valence-corrected chi connectivity index (χ2v) is 4.66. The van der Waals surface area contributed by atoms with Gasteiger partial charge in [0.25, 0.3) is 0 Å². The molecule has 0 aromatic carbocycles. The summed E-state index contributed by atoms with van der Waals surface area (Å²) in [6.07, 6.45) is 5.59. The van der Waals surface area contributed by atoms with Crippen LogP contribution in [0.2, 0.25) is 0 Å². The summed E-state index contributed by atoms with van der Waals surface area (Å²) >= 11 is 0. The van der Waals surface area contributed by atoms with Crippen LogP contribution in [0.4, 0.5) is 0 Å². The molecule has 1 atom stereocenters. The van der Waals surface area contributed by atoms with Crippen molar-refractivity contribution in [3.05, 3.63) is 0 Å². The smallest absolute Gasteiger partial charge is 0.0981 e. The quantitative estimate of drug-likeness (QED) is 0.679. The number of aliphatic hydroxyl groups is 1. The van der Waals surface area contributed by atoms with Crippen LogP contribution >= 0.6 is 0 Å². The van der Waals surface area contributed by atoms with Crippen molar-refractivity contribution in [3.8, 4) is 6.07 Å². The minimum atomic E-state index is -0.0101. The van der Waals surface area contributed by atoms with Gasteiger partial charge in [0.2, 0.25) is 0 Å². The highest BCUT2D eigenvalue weighted by atomic mass is 16.3. The van der Waals surface area contributed by atoms with Crippen molar-refractivity contribution in [1.29, 1.82) is 5.26 Å². The molecule has 0 amide bonds. The second kappa shape index (κ2) is 6.81. The van der Waals surface area contributed by atoms with Gasteiger partial charge in [0.05, 0.1) is 12.1 Å². The van der Waals surface area contributed by atoms with Crippen LogP contribution < -0.4 is 5.32 Å². The van der Waals surface area contributed by atoms with Crippen LogP contribution in [0, 0.1) is 23.2 Å². The van der Waals surface area contributed by atoms with Crippen LogP contribution in [0.1, 0.15) is 39.0 Å². The van der Waals surface area contributed by atoms with Crippen molar-refractivity contribution < 1.29 is 5.11 Å². The number of aliphatic hydroxyl groups excluding tert-OH is 1. The molecule has 2 N–H and O–H groups in total. The molecule has 1 aliphatic carbocycles. The first-order valence-corrected chi connectivity index (χ1v) is 6.01. The lowest BCUT2D eigenvalue weighted by atomic mass is 9.79. The Morgan fingerprint density at radius 1 is 1.40 bits per heavy atom. The first-order valence-electron chi connectivity index (χ1n) is 6.01. The monoisotopic (exact) mass is 210 g/mol. The summed E-state index contributed by atoms with van der Waals surface area (Å²) in [6.45, 7) is 3.24. The van der Waals surface area contributed by atoms with E-state index in [1.165, 1.54) is 25.7 Å². The maximum atomic E-state index is 9.07. The number of rotatable bonds is 5. The van der Waals surface area contributed by atoms with Crippen LogP contribution in [-0.4, -0.2) is 24.3 Å². The maximum absolute atomic E-state index is 9.07. The molecule has 1 fully saturated rings. The van der Waals surface area contributed by atoms with E-state index in [1.807, 2.05) is 0 Å². The number of nitriles is 1. The molecule has 0 aromatic heterocycles. The standard InChI is InChI=1S/C12H22N2O/c1-10-3-5-11(6-4-10)12(9-13)14-7-2-8-15/h10-12,14-15H,2-8H2,1H3. The van der Waals surface area contributed by atoms with Gasteiger partial charge >= 0.3 is 0 Å². The van der Waals surface area contributed by atoms with Gasteiger partial charge in [-0.1, -0.05) is 19.8 Å². The van der Waals surface area contributed by atoms with Crippen LogP contribution in [-0.2, 0) is 0 Å². The molecule has 0 bridgehead atoms. The van der Waals surface area contributed by atoms with E-state index in [-0.39, 0.29) is 12.6 Å². The normalized spacial score (nSPS) is 28.3. The van der Waals surface area contributed by atoms with Crippen LogP contribution in [0.25, 0.3) is 0 Å². The van der Waals surface area contributed by atoms with Gasteiger partial charge < -0.3 is 10.4 Å². The summed E-state index contributed by atoms with van der Waals surface area (Å²) in [4.78, 5) is 0. The Balaban J connectivity index is 2.28. The molecule has 1 rings (SSSR count). The maximum Gasteiger partial charge on any atom is 0.0981 e. The average Bonchev–Trinajstić information content (AvgIpc) is 2.26. The molecule has 3 heteroatoms.